The molecular weight excluding hydrogens is 252 g/mol. The van der Waals surface area contributed by atoms with Gasteiger partial charge >= 0.3 is 0 Å². The molecule has 0 bridgehead atoms. The summed E-state index contributed by atoms with van der Waals surface area (Å²) in [4.78, 5) is 5.49. The van der Waals surface area contributed by atoms with Gasteiger partial charge in [0.25, 0.3) is 0 Å². The lowest BCUT2D eigenvalue weighted by Gasteiger charge is -2.31. The van der Waals surface area contributed by atoms with Crippen molar-refractivity contribution in [3.63, 3.8) is 0 Å². The first-order valence-electron chi connectivity index (χ1n) is 6.17. The van der Waals surface area contributed by atoms with Crippen molar-refractivity contribution >= 4 is 23.7 Å². The van der Waals surface area contributed by atoms with Gasteiger partial charge in [-0.25, -0.2) is 0 Å². The van der Waals surface area contributed by atoms with Gasteiger partial charge in [0.2, 0.25) is 0 Å². The number of likely N-dealkylation sites (tertiary alicyclic amines) is 1. The van der Waals surface area contributed by atoms with E-state index in [0.717, 1.165) is 19.0 Å². The maximum absolute atomic E-state index is 5.71. The van der Waals surface area contributed by atoms with Crippen molar-refractivity contribution in [2.75, 3.05) is 19.6 Å². The molecule has 2 heterocycles. The van der Waals surface area contributed by atoms with E-state index in [4.69, 9.17) is 5.73 Å². The third kappa shape index (κ3) is 3.95. The van der Waals surface area contributed by atoms with E-state index in [9.17, 15) is 0 Å². The van der Waals surface area contributed by atoms with Crippen molar-refractivity contribution in [1.82, 2.24) is 4.90 Å². The number of hydrogen-bond donors (Lipinski definition) is 1. The molecule has 0 atom stereocenters. The fourth-order valence-electron chi connectivity index (χ4n) is 2.46. The highest BCUT2D eigenvalue weighted by Gasteiger charge is 2.18. The Kier molecular flexibility index (Phi) is 5.93. The summed E-state index contributed by atoms with van der Waals surface area (Å²) in [7, 11) is 0. The van der Waals surface area contributed by atoms with Gasteiger partial charge in [-0.05, 0) is 63.9 Å². The Morgan fingerprint density at radius 1 is 1.35 bits per heavy atom. The van der Waals surface area contributed by atoms with E-state index in [1.165, 1.54) is 41.2 Å². The monoisotopic (exact) mass is 274 g/mol. The van der Waals surface area contributed by atoms with Crippen LogP contribution in [0.3, 0.4) is 0 Å². The van der Waals surface area contributed by atoms with Gasteiger partial charge in [0, 0.05) is 16.3 Å². The highest BCUT2D eigenvalue weighted by Crippen LogP contribution is 2.24. The number of aryl methyl sites for hydroxylation is 2. The number of nitrogens with zero attached hydrogens (tertiary/aromatic N) is 1. The second kappa shape index (κ2) is 6.74. The lowest BCUT2D eigenvalue weighted by Crippen LogP contribution is -2.35. The first kappa shape index (κ1) is 15.0. The van der Waals surface area contributed by atoms with Gasteiger partial charge in [-0.3, -0.25) is 4.90 Å². The minimum absolute atomic E-state index is 0. The predicted octanol–water partition coefficient (Wildman–Crippen LogP) is 2.96. The van der Waals surface area contributed by atoms with Gasteiger partial charge in [-0.1, -0.05) is 0 Å². The van der Waals surface area contributed by atoms with E-state index in [-0.39, 0.29) is 12.4 Å². The van der Waals surface area contributed by atoms with Gasteiger partial charge < -0.3 is 5.73 Å². The molecule has 4 heteroatoms. The highest BCUT2D eigenvalue weighted by atomic mass is 35.5. The molecule has 2 rings (SSSR count). The van der Waals surface area contributed by atoms with E-state index in [0.29, 0.717) is 0 Å². The van der Waals surface area contributed by atoms with Crippen LogP contribution in [0.25, 0.3) is 0 Å². The van der Waals surface area contributed by atoms with Crippen LogP contribution in [0.2, 0.25) is 0 Å². The van der Waals surface area contributed by atoms with Gasteiger partial charge in [0.1, 0.15) is 0 Å². The van der Waals surface area contributed by atoms with E-state index < -0.39 is 0 Å². The second-order valence-corrected chi connectivity index (χ2v) is 6.35. The van der Waals surface area contributed by atoms with Gasteiger partial charge in [0.15, 0.2) is 0 Å². The summed E-state index contributed by atoms with van der Waals surface area (Å²) < 4.78 is 0. The molecule has 0 unspecified atom stereocenters. The van der Waals surface area contributed by atoms with E-state index in [1.807, 2.05) is 11.3 Å². The van der Waals surface area contributed by atoms with Gasteiger partial charge in [0.05, 0.1) is 0 Å². The molecule has 0 spiro atoms. The largest absolute Gasteiger partial charge is 0.330 e. The molecule has 2 nitrogen and oxygen atoms in total. The van der Waals surface area contributed by atoms with Gasteiger partial charge in [-0.2, -0.15) is 0 Å². The Bertz CT molecular complexity index is 343. The Morgan fingerprint density at radius 3 is 2.47 bits per heavy atom. The highest BCUT2D eigenvalue weighted by molar-refractivity contribution is 7.12. The number of halogens is 1. The van der Waals surface area contributed by atoms with Crippen molar-refractivity contribution in [1.29, 1.82) is 0 Å². The minimum Gasteiger partial charge on any atom is -0.330 e. The molecule has 0 radical (unpaired) electrons. The summed E-state index contributed by atoms with van der Waals surface area (Å²) in [6.45, 7) is 8.87. The van der Waals surface area contributed by atoms with Crippen LogP contribution in [0.1, 0.15) is 28.2 Å². The Hall–Kier alpha value is -0.0900. The molecule has 0 aliphatic carbocycles. The number of hydrogen-bond acceptors (Lipinski definition) is 3. The molecule has 0 aromatic carbocycles. The maximum atomic E-state index is 5.71. The predicted molar refractivity (Wildman–Crippen MR) is 78.1 cm³/mol. The second-order valence-electron chi connectivity index (χ2n) is 4.89. The van der Waals surface area contributed by atoms with Crippen LogP contribution in [0, 0.1) is 19.8 Å². The van der Waals surface area contributed by atoms with Crippen molar-refractivity contribution in [2.24, 2.45) is 11.7 Å². The topological polar surface area (TPSA) is 29.3 Å². The lowest BCUT2D eigenvalue weighted by molar-refractivity contribution is 0.180. The average Bonchev–Trinajstić information content (AvgIpc) is 2.59. The molecule has 1 aliphatic rings. The summed E-state index contributed by atoms with van der Waals surface area (Å²) >= 11 is 1.92. The smallest absolute Gasteiger partial charge is 0.0244 e. The molecule has 1 aromatic rings. The van der Waals surface area contributed by atoms with Crippen molar-refractivity contribution < 1.29 is 0 Å². The van der Waals surface area contributed by atoms with Crippen LogP contribution in [0.5, 0.6) is 0 Å². The quantitative estimate of drug-likeness (QED) is 0.918. The van der Waals surface area contributed by atoms with E-state index in [1.54, 1.807) is 0 Å². The molecule has 2 N–H and O–H groups in total. The fraction of sp³-hybridized carbons (Fsp3) is 0.692. The summed E-state index contributed by atoms with van der Waals surface area (Å²) in [6, 6.07) is 2.34. The number of thiophene rings is 1. The van der Waals surface area contributed by atoms with Crippen LogP contribution in [-0.4, -0.2) is 24.5 Å². The Balaban J connectivity index is 0.00000144. The summed E-state index contributed by atoms with van der Waals surface area (Å²) in [5.74, 6) is 0.765. The van der Waals surface area contributed by atoms with E-state index >= 15 is 0 Å². The van der Waals surface area contributed by atoms with Crippen LogP contribution in [0.15, 0.2) is 6.07 Å². The molecule has 0 saturated carbocycles. The molecule has 1 aliphatic heterocycles. The van der Waals surface area contributed by atoms with Crippen molar-refractivity contribution in [3.8, 4) is 0 Å². The SMILES string of the molecule is Cc1cc(CN2CCC(CN)CC2)c(C)s1.Cl. The zero-order valence-electron chi connectivity index (χ0n) is 10.7. The van der Waals surface area contributed by atoms with E-state index in [2.05, 4.69) is 24.8 Å². The van der Waals surface area contributed by atoms with Crippen LogP contribution in [-0.2, 0) is 6.54 Å². The normalized spacial score (nSPS) is 18.1. The fourth-order valence-corrected chi connectivity index (χ4v) is 3.40. The first-order chi connectivity index (χ1) is 7.69. The summed E-state index contributed by atoms with van der Waals surface area (Å²) in [6.07, 6.45) is 2.55. The lowest BCUT2D eigenvalue weighted by atomic mass is 9.97. The standard InChI is InChI=1S/C13H22N2S.ClH/c1-10-7-13(11(2)16-10)9-15-5-3-12(8-14)4-6-15;/h7,12H,3-6,8-9,14H2,1-2H3;1H. The molecule has 17 heavy (non-hydrogen) atoms. The van der Waals surface area contributed by atoms with Crippen molar-refractivity contribution in [2.45, 2.75) is 33.2 Å². The number of rotatable bonds is 3. The molecular formula is C13H23ClN2S. The van der Waals surface area contributed by atoms with Crippen molar-refractivity contribution in [3.05, 3.63) is 21.4 Å². The number of piperidine rings is 1. The first-order valence-corrected chi connectivity index (χ1v) is 6.99. The molecule has 1 fully saturated rings. The zero-order chi connectivity index (χ0) is 11.5. The summed E-state index contributed by atoms with van der Waals surface area (Å²) in [5, 5.41) is 0. The maximum Gasteiger partial charge on any atom is 0.0244 e. The van der Waals surface area contributed by atoms with Crippen LogP contribution in [0.4, 0.5) is 0 Å². The molecule has 0 amide bonds. The Labute approximate surface area is 115 Å². The minimum atomic E-state index is 0. The molecule has 1 saturated heterocycles. The third-order valence-corrected chi connectivity index (χ3v) is 4.59. The Morgan fingerprint density at radius 2 is 2.00 bits per heavy atom. The molecule has 98 valence electrons. The summed E-state index contributed by atoms with van der Waals surface area (Å²) in [5.41, 5.74) is 7.23. The molecule has 1 aromatic heterocycles. The van der Waals surface area contributed by atoms with Crippen LogP contribution >= 0.6 is 23.7 Å². The third-order valence-electron chi connectivity index (χ3n) is 3.58. The zero-order valence-corrected chi connectivity index (χ0v) is 12.4. The van der Waals surface area contributed by atoms with Gasteiger partial charge in [-0.15, -0.1) is 23.7 Å². The number of nitrogens with two attached hydrogens (primary N) is 1. The average molecular weight is 275 g/mol. The van der Waals surface area contributed by atoms with Crippen LogP contribution < -0.4 is 5.73 Å².